The molecule has 2 aliphatic rings. The normalized spacial score (nSPS) is 24.0. The number of likely N-dealkylation sites (tertiary alicyclic amines) is 1. The van der Waals surface area contributed by atoms with Gasteiger partial charge in [-0.2, -0.15) is 0 Å². The fourth-order valence-electron chi connectivity index (χ4n) is 3.39. The highest BCUT2D eigenvalue weighted by atomic mass is 16.2. The number of piperidine rings is 1. The number of carbonyl (C=O) groups is 3. The quantitative estimate of drug-likeness (QED) is 0.852. The Bertz CT molecular complexity index is 609. The molecule has 0 aliphatic carbocycles. The minimum absolute atomic E-state index is 0.00470. The Kier molecular flexibility index (Phi) is 4.43. The van der Waals surface area contributed by atoms with Crippen molar-refractivity contribution < 1.29 is 14.4 Å². The molecule has 122 valence electrons. The van der Waals surface area contributed by atoms with Crippen molar-refractivity contribution in [1.82, 2.24) is 15.1 Å². The molecule has 6 nitrogen and oxygen atoms in total. The fourth-order valence-corrected chi connectivity index (χ4v) is 3.39. The maximum Gasteiger partial charge on any atom is 0.330 e. The number of rotatable bonds is 3. The molecule has 0 saturated carbocycles. The lowest BCUT2D eigenvalue weighted by molar-refractivity contribution is -0.145. The van der Waals surface area contributed by atoms with Gasteiger partial charge in [-0.05, 0) is 37.4 Å². The molecular formula is C17H21N3O3. The van der Waals surface area contributed by atoms with Crippen molar-refractivity contribution in [2.45, 2.75) is 19.4 Å². The van der Waals surface area contributed by atoms with Crippen LogP contribution in [0.5, 0.6) is 0 Å². The van der Waals surface area contributed by atoms with Gasteiger partial charge < -0.3 is 0 Å². The van der Waals surface area contributed by atoms with Gasteiger partial charge in [0, 0.05) is 13.6 Å². The van der Waals surface area contributed by atoms with Crippen molar-refractivity contribution in [3.63, 3.8) is 0 Å². The van der Waals surface area contributed by atoms with E-state index in [1.54, 1.807) is 0 Å². The van der Waals surface area contributed by atoms with Gasteiger partial charge in [0.15, 0.2) is 0 Å². The number of barbiturate groups is 1. The molecule has 6 heteroatoms. The second kappa shape index (κ2) is 6.50. The van der Waals surface area contributed by atoms with E-state index in [-0.39, 0.29) is 11.8 Å². The van der Waals surface area contributed by atoms with Crippen molar-refractivity contribution in [3.05, 3.63) is 35.9 Å². The third-order valence-corrected chi connectivity index (χ3v) is 4.77. The van der Waals surface area contributed by atoms with E-state index < -0.39 is 17.9 Å². The molecule has 23 heavy (non-hydrogen) atoms. The molecule has 0 spiro atoms. The van der Waals surface area contributed by atoms with Crippen molar-refractivity contribution in [3.8, 4) is 0 Å². The van der Waals surface area contributed by atoms with Crippen molar-refractivity contribution in [2.75, 3.05) is 20.1 Å². The lowest BCUT2D eigenvalue weighted by Crippen LogP contribution is -2.59. The second-order valence-corrected chi connectivity index (χ2v) is 6.27. The lowest BCUT2D eigenvalue weighted by atomic mass is 9.82. The number of hydrogen-bond acceptors (Lipinski definition) is 4. The SMILES string of the molecule is CN1C(=O)NC(=O)[C@@H](C2CCN(Cc3ccccc3)CC2)C1=O. The highest BCUT2D eigenvalue weighted by molar-refractivity contribution is 6.16. The van der Waals surface area contributed by atoms with Crippen molar-refractivity contribution in [2.24, 2.45) is 11.8 Å². The molecule has 0 unspecified atom stereocenters. The molecule has 1 atom stereocenters. The molecule has 1 aromatic rings. The predicted molar refractivity (Wildman–Crippen MR) is 84.2 cm³/mol. The van der Waals surface area contributed by atoms with Crippen LogP contribution in [-0.4, -0.2) is 47.8 Å². The van der Waals surface area contributed by atoms with Gasteiger partial charge in [0.1, 0.15) is 5.92 Å². The first kappa shape index (κ1) is 15.7. The van der Waals surface area contributed by atoms with Gasteiger partial charge in [-0.3, -0.25) is 24.7 Å². The van der Waals surface area contributed by atoms with E-state index in [1.165, 1.54) is 12.6 Å². The predicted octanol–water partition coefficient (Wildman–Crippen LogP) is 1.22. The number of benzene rings is 1. The molecule has 4 amide bonds. The molecule has 2 saturated heterocycles. The summed E-state index contributed by atoms with van der Waals surface area (Å²) < 4.78 is 0. The van der Waals surface area contributed by atoms with E-state index >= 15 is 0 Å². The molecule has 0 bridgehead atoms. The summed E-state index contributed by atoms with van der Waals surface area (Å²) in [5.41, 5.74) is 1.27. The highest BCUT2D eigenvalue weighted by Crippen LogP contribution is 2.29. The maximum absolute atomic E-state index is 12.2. The van der Waals surface area contributed by atoms with Crippen LogP contribution in [0.25, 0.3) is 0 Å². The van der Waals surface area contributed by atoms with Crippen LogP contribution in [0.1, 0.15) is 18.4 Å². The van der Waals surface area contributed by atoms with Crippen LogP contribution >= 0.6 is 0 Å². The van der Waals surface area contributed by atoms with Crippen LogP contribution in [0, 0.1) is 11.8 Å². The van der Waals surface area contributed by atoms with E-state index in [0.29, 0.717) is 0 Å². The average Bonchev–Trinajstić information content (AvgIpc) is 2.55. The summed E-state index contributed by atoms with van der Waals surface area (Å²) >= 11 is 0. The van der Waals surface area contributed by atoms with E-state index in [0.717, 1.165) is 37.4 Å². The van der Waals surface area contributed by atoms with Gasteiger partial charge in [0.2, 0.25) is 11.8 Å². The molecule has 2 aliphatic heterocycles. The fraction of sp³-hybridized carbons (Fsp3) is 0.471. The summed E-state index contributed by atoms with van der Waals surface area (Å²) in [5, 5.41) is 2.27. The summed E-state index contributed by atoms with van der Waals surface area (Å²) in [6.45, 7) is 2.60. The molecule has 0 aromatic heterocycles. The Morgan fingerprint density at radius 2 is 1.74 bits per heavy atom. The highest BCUT2D eigenvalue weighted by Gasteiger charge is 2.43. The zero-order valence-corrected chi connectivity index (χ0v) is 13.2. The monoisotopic (exact) mass is 315 g/mol. The van der Waals surface area contributed by atoms with Gasteiger partial charge >= 0.3 is 6.03 Å². The number of nitrogens with zero attached hydrogens (tertiary/aromatic N) is 2. The van der Waals surface area contributed by atoms with Crippen LogP contribution in [0.4, 0.5) is 4.79 Å². The lowest BCUT2D eigenvalue weighted by Gasteiger charge is -2.37. The molecular weight excluding hydrogens is 294 g/mol. The second-order valence-electron chi connectivity index (χ2n) is 6.27. The standard InChI is InChI=1S/C17H21N3O3/c1-19-16(22)14(15(21)18-17(19)23)13-7-9-20(10-8-13)11-12-5-3-2-4-6-12/h2-6,13-14H,7-11H2,1H3,(H,18,21,23)/t14-/m1/s1. The molecule has 3 rings (SSSR count). The van der Waals surface area contributed by atoms with Gasteiger partial charge in [-0.15, -0.1) is 0 Å². The maximum atomic E-state index is 12.2. The number of nitrogens with one attached hydrogen (secondary N) is 1. The Morgan fingerprint density at radius 3 is 2.39 bits per heavy atom. The molecule has 1 N–H and O–H groups in total. The summed E-state index contributed by atoms with van der Waals surface area (Å²) in [6.07, 6.45) is 1.58. The first-order valence-electron chi connectivity index (χ1n) is 7.95. The van der Waals surface area contributed by atoms with Crippen LogP contribution < -0.4 is 5.32 Å². The van der Waals surface area contributed by atoms with Crippen LogP contribution in [0.3, 0.4) is 0 Å². The summed E-state index contributed by atoms with van der Waals surface area (Å²) in [6, 6.07) is 9.63. The molecule has 0 radical (unpaired) electrons. The first-order valence-corrected chi connectivity index (χ1v) is 7.95. The van der Waals surface area contributed by atoms with Gasteiger partial charge in [0.05, 0.1) is 0 Å². The van der Waals surface area contributed by atoms with Crippen LogP contribution in [-0.2, 0) is 16.1 Å². The summed E-state index contributed by atoms with van der Waals surface area (Å²) in [7, 11) is 1.42. The van der Waals surface area contributed by atoms with Gasteiger partial charge in [0.25, 0.3) is 0 Å². The number of urea groups is 1. The number of imide groups is 2. The number of carbonyl (C=O) groups excluding carboxylic acids is 3. The van der Waals surface area contributed by atoms with Gasteiger partial charge in [-0.1, -0.05) is 30.3 Å². The van der Waals surface area contributed by atoms with Gasteiger partial charge in [-0.25, -0.2) is 4.79 Å². The van der Waals surface area contributed by atoms with E-state index in [9.17, 15) is 14.4 Å². The van der Waals surface area contributed by atoms with E-state index in [1.807, 2.05) is 18.2 Å². The Morgan fingerprint density at radius 1 is 1.09 bits per heavy atom. The average molecular weight is 315 g/mol. The number of amides is 4. The third-order valence-electron chi connectivity index (χ3n) is 4.77. The molecule has 2 fully saturated rings. The van der Waals surface area contributed by atoms with Crippen molar-refractivity contribution in [1.29, 1.82) is 0 Å². The minimum Gasteiger partial charge on any atom is -0.299 e. The van der Waals surface area contributed by atoms with Crippen molar-refractivity contribution >= 4 is 17.8 Å². The minimum atomic E-state index is -0.725. The topological polar surface area (TPSA) is 69.7 Å². The van der Waals surface area contributed by atoms with Crippen LogP contribution in [0.15, 0.2) is 30.3 Å². The number of hydrogen-bond donors (Lipinski definition) is 1. The zero-order valence-electron chi connectivity index (χ0n) is 13.2. The third kappa shape index (κ3) is 3.27. The van der Waals surface area contributed by atoms with E-state index in [2.05, 4.69) is 22.3 Å². The van der Waals surface area contributed by atoms with E-state index in [4.69, 9.17) is 0 Å². The smallest absolute Gasteiger partial charge is 0.299 e. The zero-order chi connectivity index (χ0) is 16.4. The summed E-state index contributed by atoms with van der Waals surface area (Å²) in [4.78, 5) is 39.1. The molecule has 2 heterocycles. The Hall–Kier alpha value is -2.21. The van der Waals surface area contributed by atoms with Crippen LogP contribution in [0.2, 0.25) is 0 Å². The first-order chi connectivity index (χ1) is 11.1. The Labute approximate surface area is 135 Å². The molecule has 1 aromatic carbocycles. The Balaban J connectivity index is 1.59. The summed E-state index contributed by atoms with van der Waals surface area (Å²) in [5.74, 6) is -1.54. The largest absolute Gasteiger partial charge is 0.330 e.